The Labute approximate surface area is 100 Å². The third-order valence-electron chi connectivity index (χ3n) is 2.19. The fourth-order valence-corrected chi connectivity index (χ4v) is 1.19. The summed E-state index contributed by atoms with van der Waals surface area (Å²) in [6.45, 7) is 2.36. The van der Waals surface area contributed by atoms with Crippen molar-refractivity contribution in [3.8, 4) is 0 Å². The molecular weight excluding hydrogens is 220 g/mol. The van der Waals surface area contributed by atoms with Crippen LogP contribution in [0.2, 0.25) is 0 Å². The Balaban J connectivity index is 2.28. The summed E-state index contributed by atoms with van der Waals surface area (Å²) in [6, 6.07) is 7.86. The molecule has 1 aromatic rings. The Morgan fingerprint density at radius 2 is 1.82 bits per heavy atom. The number of amides is 2. The van der Waals surface area contributed by atoms with Crippen LogP contribution in [0.1, 0.15) is 11.1 Å². The van der Waals surface area contributed by atoms with Crippen LogP contribution in [0.25, 0.3) is 0 Å². The van der Waals surface area contributed by atoms with Crippen LogP contribution in [0.15, 0.2) is 24.3 Å². The van der Waals surface area contributed by atoms with Crippen molar-refractivity contribution in [1.29, 1.82) is 0 Å². The largest absolute Gasteiger partial charge is 0.453 e. The van der Waals surface area contributed by atoms with E-state index >= 15 is 0 Å². The van der Waals surface area contributed by atoms with E-state index in [0.717, 1.165) is 5.56 Å². The zero-order valence-electron chi connectivity index (χ0n) is 9.95. The molecule has 1 rings (SSSR count). The Hall–Kier alpha value is -2.04. The van der Waals surface area contributed by atoms with Gasteiger partial charge in [0.2, 0.25) is 5.91 Å². The van der Waals surface area contributed by atoms with Crippen molar-refractivity contribution < 1.29 is 14.3 Å². The third kappa shape index (κ3) is 5.01. The minimum Gasteiger partial charge on any atom is -0.453 e. The van der Waals surface area contributed by atoms with E-state index in [2.05, 4.69) is 15.4 Å². The number of aryl methyl sites for hydroxylation is 1. The molecular formula is C12H16N2O3. The number of benzene rings is 1. The first-order valence-electron chi connectivity index (χ1n) is 5.26. The second-order valence-electron chi connectivity index (χ2n) is 3.61. The van der Waals surface area contributed by atoms with Crippen LogP contribution in [0.4, 0.5) is 4.79 Å². The minimum atomic E-state index is -0.615. The van der Waals surface area contributed by atoms with Gasteiger partial charge in [0, 0.05) is 6.54 Å². The average Bonchev–Trinajstić information content (AvgIpc) is 2.35. The molecule has 92 valence electrons. The molecule has 0 aliphatic carbocycles. The molecule has 0 saturated carbocycles. The van der Waals surface area contributed by atoms with E-state index in [0.29, 0.717) is 6.54 Å². The molecule has 0 bridgehead atoms. The highest BCUT2D eigenvalue weighted by Gasteiger charge is 2.04. The van der Waals surface area contributed by atoms with Gasteiger partial charge in [-0.1, -0.05) is 29.8 Å². The van der Waals surface area contributed by atoms with Crippen molar-refractivity contribution >= 4 is 12.0 Å². The number of carbonyl (C=O) groups excluding carboxylic acids is 2. The highest BCUT2D eigenvalue weighted by Crippen LogP contribution is 2.02. The molecule has 5 nitrogen and oxygen atoms in total. The summed E-state index contributed by atoms with van der Waals surface area (Å²) in [5.74, 6) is -0.254. The number of carbonyl (C=O) groups is 2. The lowest BCUT2D eigenvalue weighted by atomic mass is 10.1. The maximum atomic E-state index is 11.3. The molecule has 0 aliphatic heterocycles. The van der Waals surface area contributed by atoms with Gasteiger partial charge in [0.25, 0.3) is 0 Å². The van der Waals surface area contributed by atoms with Gasteiger partial charge >= 0.3 is 6.09 Å². The lowest BCUT2D eigenvalue weighted by molar-refractivity contribution is -0.120. The van der Waals surface area contributed by atoms with E-state index in [1.165, 1.54) is 12.7 Å². The normalized spacial score (nSPS) is 9.53. The van der Waals surface area contributed by atoms with Crippen LogP contribution < -0.4 is 10.6 Å². The van der Waals surface area contributed by atoms with Crippen molar-refractivity contribution in [2.24, 2.45) is 0 Å². The molecule has 0 unspecified atom stereocenters. The molecule has 0 spiro atoms. The van der Waals surface area contributed by atoms with Gasteiger partial charge in [-0.2, -0.15) is 0 Å². The molecule has 0 saturated heterocycles. The van der Waals surface area contributed by atoms with Crippen molar-refractivity contribution in [3.63, 3.8) is 0 Å². The summed E-state index contributed by atoms with van der Waals surface area (Å²) >= 11 is 0. The van der Waals surface area contributed by atoms with Crippen LogP contribution in [-0.4, -0.2) is 25.7 Å². The molecule has 0 aliphatic rings. The van der Waals surface area contributed by atoms with Crippen molar-refractivity contribution in [1.82, 2.24) is 10.6 Å². The van der Waals surface area contributed by atoms with Crippen LogP contribution in [0.5, 0.6) is 0 Å². The summed E-state index contributed by atoms with van der Waals surface area (Å²) in [4.78, 5) is 22.0. The standard InChI is InChI=1S/C12H16N2O3/c1-9-3-5-10(6-4-9)7-13-11(15)8-14-12(16)17-2/h3-6H,7-8H2,1-2H3,(H,13,15)(H,14,16). The fourth-order valence-electron chi connectivity index (χ4n) is 1.19. The SMILES string of the molecule is COC(=O)NCC(=O)NCc1ccc(C)cc1. The zero-order valence-corrected chi connectivity index (χ0v) is 9.95. The smallest absolute Gasteiger partial charge is 0.407 e. The maximum Gasteiger partial charge on any atom is 0.407 e. The summed E-state index contributed by atoms with van der Waals surface area (Å²) in [5.41, 5.74) is 2.19. The van der Waals surface area contributed by atoms with Crippen LogP contribution in [0.3, 0.4) is 0 Å². The predicted molar refractivity (Wildman–Crippen MR) is 63.4 cm³/mol. The Morgan fingerprint density at radius 3 is 2.41 bits per heavy atom. The Morgan fingerprint density at radius 1 is 1.18 bits per heavy atom. The van der Waals surface area contributed by atoms with Gasteiger partial charge in [0.1, 0.15) is 6.54 Å². The third-order valence-corrected chi connectivity index (χ3v) is 2.19. The zero-order chi connectivity index (χ0) is 12.7. The molecule has 2 N–H and O–H groups in total. The maximum absolute atomic E-state index is 11.3. The highest BCUT2D eigenvalue weighted by molar-refractivity contribution is 5.81. The monoisotopic (exact) mass is 236 g/mol. The van der Waals surface area contributed by atoms with Gasteiger partial charge in [-0.15, -0.1) is 0 Å². The Bertz CT molecular complexity index is 387. The van der Waals surface area contributed by atoms with Gasteiger partial charge in [-0.3, -0.25) is 4.79 Å². The summed E-state index contributed by atoms with van der Waals surface area (Å²) in [5, 5.41) is 4.99. The number of rotatable bonds is 4. The van der Waals surface area contributed by atoms with Crippen molar-refractivity contribution in [2.45, 2.75) is 13.5 Å². The number of nitrogens with one attached hydrogen (secondary N) is 2. The summed E-state index contributed by atoms with van der Waals surface area (Å²) in [6.07, 6.45) is -0.615. The van der Waals surface area contributed by atoms with Gasteiger partial charge in [-0.05, 0) is 12.5 Å². The van der Waals surface area contributed by atoms with Gasteiger partial charge < -0.3 is 15.4 Å². The first kappa shape index (κ1) is 13.0. The van der Waals surface area contributed by atoms with Gasteiger partial charge in [-0.25, -0.2) is 4.79 Å². The van der Waals surface area contributed by atoms with Gasteiger partial charge in [0.15, 0.2) is 0 Å². The van der Waals surface area contributed by atoms with E-state index in [1.54, 1.807) is 0 Å². The van der Waals surface area contributed by atoms with Crippen LogP contribution >= 0.6 is 0 Å². The van der Waals surface area contributed by atoms with E-state index in [-0.39, 0.29) is 12.5 Å². The predicted octanol–water partition coefficient (Wildman–Crippen LogP) is 0.967. The second kappa shape index (κ2) is 6.52. The first-order chi connectivity index (χ1) is 8.11. The van der Waals surface area contributed by atoms with Gasteiger partial charge in [0.05, 0.1) is 7.11 Å². The molecule has 5 heteroatoms. The second-order valence-corrected chi connectivity index (χ2v) is 3.61. The lowest BCUT2D eigenvalue weighted by Gasteiger charge is -2.06. The number of alkyl carbamates (subject to hydrolysis) is 1. The number of ether oxygens (including phenoxy) is 1. The minimum absolute atomic E-state index is 0.0848. The molecule has 0 aromatic heterocycles. The quantitative estimate of drug-likeness (QED) is 0.818. The molecule has 0 heterocycles. The summed E-state index contributed by atoms with van der Waals surface area (Å²) < 4.78 is 4.35. The van der Waals surface area contributed by atoms with E-state index < -0.39 is 6.09 Å². The average molecular weight is 236 g/mol. The molecule has 0 fully saturated rings. The highest BCUT2D eigenvalue weighted by atomic mass is 16.5. The number of methoxy groups -OCH3 is 1. The van der Waals surface area contributed by atoms with E-state index in [4.69, 9.17) is 0 Å². The topological polar surface area (TPSA) is 67.4 Å². The first-order valence-corrected chi connectivity index (χ1v) is 5.26. The summed E-state index contributed by atoms with van der Waals surface area (Å²) in [7, 11) is 1.25. The molecule has 2 amide bonds. The van der Waals surface area contributed by atoms with Crippen molar-refractivity contribution in [2.75, 3.05) is 13.7 Å². The van der Waals surface area contributed by atoms with E-state index in [9.17, 15) is 9.59 Å². The lowest BCUT2D eigenvalue weighted by Crippen LogP contribution is -2.36. The fraction of sp³-hybridized carbons (Fsp3) is 0.333. The molecule has 0 radical (unpaired) electrons. The van der Waals surface area contributed by atoms with Crippen LogP contribution in [-0.2, 0) is 16.1 Å². The molecule has 1 aromatic carbocycles. The molecule has 0 atom stereocenters. The number of hydrogen-bond donors (Lipinski definition) is 2. The van der Waals surface area contributed by atoms with E-state index in [1.807, 2.05) is 31.2 Å². The van der Waals surface area contributed by atoms with Crippen molar-refractivity contribution in [3.05, 3.63) is 35.4 Å². The Kier molecular flexibility index (Phi) is 5.00. The molecule has 17 heavy (non-hydrogen) atoms. The number of hydrogen-bond acceptors (Lipinski definition) is 3. The van der Waals surface area contributed by atoms with Crippen LogP contribution in [0, 0.1) is 6.92 Å².